The number of halogens is 1. The van der Waals surface area contributed by atoms with Crippen LogP contribution >= 0.6 is 11.6 Å². The number of benzene rings is 2. The van der Waals surface area contributed by atoms with E-state index in [-0.39, 0.29) is 42.3 Å². The van der Waals surface area contributed by atoms with Crippen molar-refractivity contribution in [2.24, 2.45) is 10.7 Å². The molecule has 0 spiro atoms. The zero-order valence-electron chi connectivity index (χ0n) is 18.2. The van der Waals surface area contributed by atoms with E-state index in [2.05, 4.69) is 15.6 Å². The Morgan fingerprint density at radius 3 is 2.53 bits per heavy atom. The Hall–Kier alpha value is -3.48. The van der Waals surface area contributed by atoms with Crippen LogP contribution in [0, 0.1) is 10.1 Å². The lowest BCUT2D eigenvalue weighted by Gasteiger charge is -2.19. The molecular formula is C21H25BClN5O6. The fourth-order valence-electron chi connectivity index (χ4n) is 3.00. The summed E-state index contributed by atoms with van der Waals surface area (Å²) in [5, 5.41) is 35.3. The van der Waals surface area contributed by atoms with Crippen molar-refractivity contribution >= 4 is 47.5 Å². The topological polar surface area (TPSA) is 180 Å². The predicted octanol–water partition coefficient (Wildman–Crippen LogP) is 0.0656. The second-order valence-corrected chi connectivity index (χ2v) is 7.59. The molecule has 0 heterocycles. The van der Waals surface area contributed by atoms with Crippen LogP contribution in [0.4, 0.5) is 5.69 Å². The SMILES string of the molecule is NC(CCl)=NCCC[C@H](NC(=O)c1cc(B(O)O)cc([N+](=O)[O-])c1)C(=O)NCc1ccccc1. The molecule has 0 radical (unpaired) electrons. The van der Waals surface area contributed by atoms with E-state index >= 15 is 0 Å². The summed E-state index contributed by atoms with van der Waals surface area (Å²) >= 11 is 5.59. The largest absolute Gasteiger partial charge is 0.488 e. The van der Waals surface area contributed by atoms with Gasteiger partial charge in [-0.25, -0.2) is 0 Å². The number of non-ortho nitro benzene ring substituents is 1. The molecule has 0 aliphatic heterocycles. The van der Waals surface area contributed by atoms with E-state index in [9.17, 15) is 29.8 Å². The van der Waals surface area contributed by atoms with Gasteiger partial charge in [0.25, 0.3) is 11.6 Å². The van der Waals surface area contributed by atoms with E-state index in [1.165, 1.54) is 0 Å². The van der Waals surface area contributed by atoms with E-state index in [1.807, 2.05) is 30.3 Å². The third-order valence-corrected chi connectivity index (χ3v) is 5.02. The molecule has 2 aromatic rings. The summed E-state index contributed by atoms with van der Waals surface area (Å²) in [4.78, 5) is 40.1. The van der Waals surface area contributed by atoms with Crippen molar-refractivity contribution in [2.75, 3.05) is 12.4 Å². The van der Waals surface area contributed by atoms with Crippen LogP contribution in [0.15, 0.2) is 53.5 Å². The van der Waals surface area contributed by atoms with E-state index in [0.717, 1.165) is 23.8 Å². The number of rotatable bonds is 12. The predicted molar refractivity (Wildman–Crippen MR) is 129 cm³/mol. The number of aliphatic imine (C=N–C) groups is 1. The van der Waals surface area contributed by atoms with Crippen LogP contribution in [0.1, 0.15) is 28.8 Å². The van der Waals surface area contributed by atoms with E-state index < -0.39 is 35.6 Å². The van der Waals surface area contributed by atoms with Gasteiger partial charge in [-0.1, -0.05) is 30.3 Å². The van der Waals surface area contributed by atoms with Gasteiger partial charge in [0.2, 0.25) is 5.91 Å². The molecule has 34 heavy (non-hydrogen) atoms. The number of amides is 2. The molecule has 0 aliphatic carbocycles. The summed E-state index contributed by atoms with van der Waals surface area (Å²) < 4.78 is 0. The van der Waals surface area contributed by atoms with Crippen molar-refractivity contribution in [3.63, 3.8) is 0 Å². The van der Waals surface area contributed by atoms with Gasteiger partial charge in [-0.15, -0.1) is 11.6 Å². The number of nitrogens with two attached hydrogens (primary N) is 1. The number of hydrogen-bond donors (Lipinski definition) is 5. The number of nitro benzene ring substituents is 1. The van der Waals surface area contributed by atoms with Crippen LogP contribution in [-0.4, -0.2) is 58.2 Å². The lowest BCUT2D eigenvalue weighted by molar-refractivity contribution is -0.384. The van der Waals surface area contributed by atoms with Gasteiger partial charge < -0.3 is 26.4 Å². The quantitative estimate of drug-likeness (QED) is 0.0531. The van der Waals surface area contributed by atoms with Crippen LogP contribution in [0.2, 0.25) is 0 Å². The molecule has 11 nitrogen and oxygen atoms in total. The number of nitrogens with zero attached hydrogens (tertiary/aromatic N) is 2. The van der Waals surface area contributed by atoms with Gasteiger partial charge in [-0.2, -0.15) is 0 Å². The summed E-state index contributed by atoms with van der Waals surface area (Å²) in [5.74, 6) is -0.917. The lowest BCUT2D eigenvalue weighted by atomic mass is 9.79. The van der Waals surface area contributed by atoms with Crippen LogP contribution in [0.5, 0.6) is 0 Å². The number of nitro groups is 1. The van der Waals surface area contributed by atoms with Crippen molar-refractivity contribution in [1.82, 2.24) is 10.6 Å². The van der Waals surface area contributed by atoms with Gasteiger partial charge in [0.15, 0.2) is 0 Å². The maximum absolute atomic E-state index is 12.8. The molecule has 0 saturated heterocycles. The average Bonchev–Trinajstić information content (AvgIpc) is 2.84. The highest BCUT2D eigenvalue weighted by Gasteiger charge is 2.24. The summed E-state index contributed by atoms with van der Waals surface area (Å²) in [6, 6.07) is 11.2. The van der Waals surface area contributed by atoms with Crippen molar-refractivity contribution in [1.29, 1.82) is 0 Å². The van der Waals surface area contributed by atoms with Crippen molar-refractivity contribution in [2.45, 2.75) is 25.4 Å². The minimum atomic E-state index is -2.01. The molecule has 0 unspecified atom stereocenters. The molecule has 180 valence electrons. The summed E-state index contributed by atoms with van der Waals surface area (Å²) in [6.07, 6.45) is 0.604. The number of nitrogens with one attached hydrogen (secondary N) is 2. The third kappa shape index (κ3) is 8.47. The minimum absolute atomic E-state index is 0.0730. The number of amidine groups is 1. The molecule has 13 heteroatoms. The molecule has 1 atom stereocenters. The lowest BCUT2D eigenvalue weighted by Crippen LogP contribution is -2.47. The highest BCUT2D eigenvalue weighted by molar-refractivity contribution is 6.58. The Morgan fingerprint density at radius 1 is 1.21 bits per heavy atom. The molecular weight excluding hydrogens is 465 g/mol. The second-order valence-electron chi connectivity index (χ2n) is 7.32. The first-order chi connectivity index (χ1) is 16.2. The Bertz CT molecular complexity index is 1040. The van der Waals surface area contributed by atoms with E-state index in [1.54, 1.807) is 0 Å². The maximum atomic E-state index is 12.8. The molecule has 2 amide bonds. The highest BCUT2D eigenvalue weighted by Crippen LogP contribution is 2.13. The zero-order chi connectivity index (χ0) is 25.1. The smallest absolute Gasteiger partial charge is 0.423 e. The fourth-order valence-corrected chi connectivity index (χ4v) is 3.08. The first-order valence-electron chi connectivity index (χ1n) is 10.3. The molecule has 0 aromatic heterocycles. The Morgan fingerprint density at radius 2 is 1.91 bits per heavy atom. The average molecular weight is 490 g/mol. The normalized spacial score (nSPS) is 12.0. The minimum Gasteiger partial charge on any atom is -0.423 e. The summed E-state index contributed by atoms with van der Waals surface area (Å²) in [6.45, 7) is 0.523. The summed E-state index contributed by atoms with van der Waals surface area (Å²) in [7, 11) is -2.01. The Balaban J connectivity index is 2.17. The molecule has 0 fully saturated rings. The monoisotopic (exact) mass is 489 g/mol. The van der Waals surface area contributed by atoms with Crippen molar-refractivity contribution in [3.8, 4) is 0 Å². The van der Waals surface area contributed by atoms with Gasteiger partial charge in [-0.05, 0) is 29.9 Å². The number of carbonyl (C=O) groups excluding carboxylic acids is 2. The van der Waals surface area contributed by atoms with Crippen LogP contribution in [-0.2, 0) is 11.3 Å². The first-order valence-corrected chi connectivity index (χ1v) is 10.9. The zero-order valence-corrected chi connectivity index (χ0v) is 18.9. The summed E-state index contributed by atoms with van der Waals surface area (Å²) in [5.41, 5.74) is 5.52. The Labute approximate surface area is 201 Å². The van der Waals surface area contributed by atoms with E-state index in [4.69, 9.17) is 17.3 Å². The third-order valence-electron chi connectivity index (χ3n) is 4.75. The van der Waals surface area contributed by atoms with Gasteiger partial charge in [0, 0.05) is 30.8 Å². The number of carbonyl (C=O) groups is 2. The van der Waals surface area contributed by atoms with Crippen LogP contribution < -0.4 is 21.8 Å². The first kappa shape index (κ1) is 26.8. The van der Waals surface area contributed by atoms with Crippen molar-refractivity contribution in [3.05, 3.63) is 69.8 Å². The van der Waals surface area contributed by atoms with Crippen LogP contribution in [0.3, 0.4) is 0 Å². The molecule has 6 N–H and O–H groups in total. The number of hydrogen-bond acceptors (Lipinski definition) is 7. The van der Waals surface area contributed by atoms with Crippen molar-refractivity contribution < 1.29 is 24.6 Å². The van der Waals surface area contributed by atoms with E-state index in [0.29, 0.717) is 6.42 Å². The van der Waals surface area contributed by atoms with Gasteiger partial charge in [0.05, 0.1) is 10.8 Å². The van der Waals surface area contributed by atoms with Gasteiger partial charge in [0.1, 0.15) is 11.9 Å². The maximum Gasteiger partial charge on any atom is 0.488 e. The molecule has 0 saturated carbocycles. The van der Waals surface area contributed by atoms with Gasteiger partial charge in [-0.3, -0.25) is 24.7 Å². The molecule has 2 aromatic carbocycles. The number of alkyl halides is 1. The second kappa shape index (κ2) is 13.3. The fraction of sp³-hybridized carbons (Fsp3) is 0.286. The van der Waals surface area contributed by atoms with Gasteiger partial charge >= 0.3 is 7.12 Å². The van der Waals surface area contributed by atoms with Crippen LogP contribution in [0.25, 0.3) is 0 Å². The standard InChI is InChI=1S/C21H25BClN5O6/c23-12-19(24)25-8-4-7-18(21(30)26-13-14-5-2-1-3-6-14)27-20(29)15-9-16(22(31)32)11-17(10-15)28(33)34/h1-3,5-6,9-11,18,31-32H,4,7-8,12-13H2,(H2,24,25)(H,26,30)(H,27,29)/t18-/m0/s1. The highest BCUT2D eigenvalue weighted by atomic mass is 35.5. The molecule has 2 rings (SSSR count). The molecule has 0 aliphatic rings. The molecule has 0 bridgehead atoms. The Kier molecular flexibility index (Phi) is 10.5.